The van der Waals surface area contributed by atoms with Crippen LogP contribution in [0.1, 0.15) is 58.3 Å². The van der Waals surface area contributed by atoms with Crippen molar-refractivity contribution in [1.82, 2.24) is 0 Å². The second-order valence-electron chi connectivity index (χ2n) is 5.59. The number of rotatable bonds is 3. The average Bonchev–Trinajstić information content (AvgIpc) is 2.70. The number of hydrogen-bond acceptors (Lipinski definition) is 2. The summed E-state index contributed by atoms with van der Waals surface area (Å²) >= 11 is 0. The van der Waals surface area contributed by atoms with Gasteiger partial charge in [-0.2, -0.15) is 0 Å². The first-order chi connectivity index (χ1) is 7.74. The van der Waals surface area contributed by atoms with Crippen molar-refractivity contribution in [1.29, 1.82) is 0 Å². The van der Waals surface area contributed by atoms with E-state index >= 15 is 0 Å². The van der Waals surface area contributed by atoms with Gasteiger partial charge in [0.1, 0.15) is 5.78 Å². The molecule has 0 aromatic carbocycles. The number of carbonyl (C=O) groups is 1. The molecule has 2 aliphatic rings. The zero-order chi connectivity index (χ0) is 11.5. The third-order valence-corrected chi connectivity index (χ3v) is 4.67. The molecular formula is C14H24O2. The SMILES string of the molecule is CCC1CCC(=O)C1C(O)C1CCCCC1. The van der Waals surface area contributed by atoms with Gasteiger partial charge in [-0.3, -0.25) is 4.79 Å². The second-order valence-corrected chi connectivity index (χ2v) is 5.59. The summed E-state index contributed by atoms with van der Waals surface area (Å²) in [6.45, 7) is 2.14. The van der Waals surface area contributed by atoms with Gasteiger partial charge in [0.15, 0.2) is 0 Å². The van der Waals surface area contributed by atoms with Gasteiger partial charge in [0, 0.05) is 12.3 Å². The van der Waals surface area contributed by atoms with E-state index < -0.39 is 0 Å². The molecule has 0 aromatic heterocycles. The van der Waals surface area contributed by atoms with Gasteiger partial charge in [-0.15, -0.1) is 0 Å². The Bertz CT molecular complexity index is 243. The summed E-state index contributed by atoms with van der Waals surface area (Å²) in [4.78, 5) is 11.9. The molecule has 0 radical (unpaired) electrons. The van der Waals surface area contributed by atoms with Gasteiger partial charge in [-0.1, -0.05) is 32.6 Å². The fourth-order valence-corrected chi connectivity index (χ4v) is 3.63. The van der Waals surface area contributed by atoms with E-state index in [2.05, 4.69) is 6.92 Å². The molecule has 1 N–H and O–H groups in total. The van der Waals surface area contributed by atoms with Crippen LogP contribution in [0.25, 0.3) is 0 Å². The molecule has 0 amide bonds. The lowest BCUT2D eigenvalue weighted by molar-refractivity contribution is -0.126. The normalized spacial score (nSPS) is 34.2. The van der Waals surface area contributed by atoms with Crippen molar-refractivity contribution < 1.29 is 9.90 Å². The van der Waals surface area contributed by atoms with Gasteiger partial charge in [-0.25, -0.2) is 0 Å². The lowest BCUT2D eigenvalue weighted by Gasteiger charge is -2.32. The van der Waals surface area contributed by atoms with Crippen LogP contribution in [0, 0.1) is 17.8 Å². The molecule has 2 fully saturated rings. The predicted molar refractivity (Wildman–Crippen MR) is 64.1 cm³/mol. The van der Waals surface area contributed by atoms with Gasteiger partial charge in [0.25, 0.3) is 0 Å². The summed E-state index contributed by atoms with van der Waals surface area (Å²) < 4.78 is 0. The zero-order valence-corrected chi connectivity index (χ0v) is 10.3. The highest BCUT2D eigenvalue weighted by molar-refractivity contribution is 5.84. The molecule has 2 heteroatoms. The molecule has 0 spiro atoms. The quantitative estimate of drug-likeness (QED) is 0.800. The van der Waals surface area contributed by atoms with Crippen LogP contribution < -0.4 is 0 Å². The van der Waals surface area contributed by atoms with E-state index in [0.717, 1.165) is 25.7 Å². The van der Waals surface area contributed by atoms with Crippen molar-refractivity contribution in [2.75, 3.05) is 0 Å². The van der Waals surface area contributed by atoms with E-state index in [0.29, 0.717) is 24.0 Å². The standard InChI is InChI=1S/C14H24O2/c1-2-10-8-9-12(15)13(10)14(16)11-6-4-3-5-7-11/h10-11,13-14,16H,2-9H2,1H3. The first-order valence-corrected chi connectivity index (χ1v) is 6.94. The Morgan fingerprint density at radius 1 is 1.25 bits per heavy atom. The smallest absolute Gasteiger partial charge is 0.138 e. The summed E-state index contributed by atoms with van der Waals surface area (Å²) in [5, 5.41) is 10.4. The third kappa shape index (κ3) is 2.32. The molecule has 0 bridgehead atoms. The second kappa shape index (κ2) is 5.31. The Hall–Kier alpha value is -0.370. The van der Waals surface area contributed by atoms with E-state index in [1.807, 2.05) is 0 Å². The summed E-state index contributed by atoms with van der Waals surface area (Å²) in [7, 11) is 0. The molecule has 0 heterocycles. The fraction of sp³-hybridized carbons (Fsp3) is 0.929. The molecule has 16 heavy (non-hydrogen) atoms. The topological polar surface area (TPSA) is 37.3 Å². The van der Waals surface area contributed by atoms with E-state index in [4.69, 9.17) is 0 Å². The maximum atomic E-state index is 11.9. The minimum absolute atomic E-state index is 0.0342. The third-order valence-electron chi connectivity index (χ3n) is 4.67. The molecule has 3 atom stereocenters. The molecule has 0 aromatic rings. The summed E-state index contributed by atoms with van der Waals surface area (Å²) in [5.74, 6) is 1.14. The van der Waals surface area contributed by atoms with Crippen molar-refractivity contribution >= 4 is 5.78 Å². The molecule has 2 nitrogen and oxygen atoms in total. The first kappa shape index (κ1) is 12.1. The minimum atomic E-state index is -0.347. The monoisotopic (exact) mass is 224 g/mol. The Kier molecular flexibility index (Phi) is 4.01. The van der Waals surface area contributed by atoms with Gasteiger partial charge < -0.3 is 5.11 Å². The zero-order valence-electron chi connectivity index (χ0n) is 10.3. The number of ketones is 1. The number of aliphatic hydroxyl groups excluding tert-OH is 1. The average molecular weight is 224 g/mol. The molecule has 0 aliphatic heterocycles. The largest absolute Gasteiger partial charge is 0.392 e. The molecule has 92 valence electrons. The Labute approximate surface area is 98.4 Å². The van der Waals surface area contributed by atoms with Gasteiger partial charge >= 0.3 is 0 Å². The molecule has 0 saturated heterocycles. The van der Waals surface area contributed by atoms with E-state index in [1.165, 1.54) is 19.3 Å². The Balaban J connectivity index is 2.00. The molecule has 2 rings (SSSR count). The van der Waals surface area contributed by atoms with Gasteiger partial charge in [0.2, 0.25) is 0 Å². The molecule has 2 aliphatic carbocycles. The fourth-order valence-electron chi connectivity index (χ4n) is 3.63. The number of aliphatic hydroxyl groups is 1. The molecule has 3 unspecified atom stereocenters. The minimum Gasteiger partial charge on any atom is -0.392 e. The van der Waals surface area contributed by atoms with Crippen molar-refractivity contribution in [3.63, 3.8) is 0 Å². The van der Waals surface area contributed by atoms with Crippen LogP contribution in [0.5, 0.6) is 0 Å². The van der Waals surface area contributed by atoms with Crippen molar-refractivity contribution in [2.45, 2.75) is 64.4 Å². The summed E-state index contributed by atoms with van der Waals surface area (Å²) in [5.41, 5.74) is 0. The van der Waals surface area contributed by atoms with Crippen molar-refractivity contribution in [3.8, 4) is 0 Å². The van der Waals surface area contributed by atoms with Crippen molar-refractivity contribution in [2.24, 2.45) is 17.8 Å². The summed E-state index contributed by atoms with van der Waals surface area (Å²) in [6, 6.07) is 0. The molecular weight excluding hydrogens is 200 g/mol. The van der Waals surface area contributed by atoms with E-state index in [9.17, 15) is 9.90 Å². The van der Waals surface area contributed by atoms with Crippen LogP contribution in [0.2, 0.25) is 0 Å². The predicted octanol–water partition coefficient (Wildman–Crippen LogP) is 2.93. The maximum Gasteiger partial charge on any atom is 0.138 e. The lowest BCUT2D eigenvalue weighted by atomic mass is 9.76. The molecule has 2 saturated carbocycles. The van der Waals surface area contributed by atoms with Crippen LogP contribution in [0.3, 0.4) is 0 Å². The van der Waals surface area contributed by atoms with Crippen LogP contribution in [0.4, 0.5) is 0 Å². The van der Waals surface area contributed by atoms with E-state index in [1.54, 1.807) is 0 Å². The Morgan fingerprint density at radius 2 is 1.94 bits per heavy atom. The highest BCUT2D eigenvalue weighted by Crippen LogP contribution is 2.39. The lowest BCUT2D eigenvalue weighted by Crippen LogP contribution is -2.36. The number of Topliss-reactive ketones (excluding diaryl/α,β-unsaturated/α-hetero) is 1. The van der Waals surface area contributed by atoms with E-state index in [-0.39, 0.29) is 12.0 Å². The maximum absolute atomic E-state index is 11.9. The van der Waals surface area contributed by atoms with Crippen LogP contribution in [-0.2, 0) is 4.79 Å². The highest BCUT2D eigenvalue weighted by Gasteiger charge is 2.41. The van der Waals surface area contributed by atoms with Gasteiger partial charge in [-0.05, 0) is 31.1 Å². The highest BCUT2D eigenvalue weighted by atomic mass is 16.3. The Morgan fingerprint density at radius 3 is 2.56 bits per heavy atom. The first-order valence-electron chi connectivity index (χ1n) is 6.94. The van der Waals surface area contributed by atoms with Crippen LogP contribution in [-0.4, -0.2) is 17.0 Å². The number of hydrogen-bond donors (Lipinski definition) is 1. The summed E-state index contributed by atoms with van der Waals surface area (Å²) in [6.07, 6.45) is 8.43. The van der Waals surface area contributed by atoms with Crippen LogP contribution >= 0.6 is 0 Å². The number of carbonyl (C=O) groups excluding carboxylic acids is 1. The van der Waals surface area contributed by atoms with Crippen LogP contribution in [0.15, 0.2) is 0 Å². The van der Waals surface area contributed by atoms with Crippen molar-refractivity contribution in [3.05, 3.63) is 0 Å². The van der Waals surface area contributed by atoms with Gasteiger partial charge in [0.05, 0.1) is 6.10 Å².